The van der Waals surface area contributed by atoms with E-state index >= 15 is 0 Å². The van der Waals surface area contributed by atoms with Crippen molar-refractivity contribution in [3.8, 4) is 0 Å². The highest BCUT2D eigenvalue weighted by Gasteiger charge is 2.38. The number of allylic oxidation sites excluding steroid dienone is 1. The van der Waals surface area contributed by atoms with Crippen molar-refractivity contribution in [2.24, 2.45) is 11.8 Å². The summed E-state index contributed by atoms with van der Waals surface area (Å²) < 4.78 is 0. The monoisotopic (exact) mass is 407 g/mol. The van der Waals surface area contributed by atoms with E-state index in [0.717, 1.165) is 37.1 Å². The van der Waals surface area contributed by atoms with E-state index in [1.165, 1.54) is 16.7 Å². The lowest BCUT2D eigenvalue weighted by Crippen LogP contribution is -2.29. The number of nitrogens with one attached hydrogen (secondary N) is 1. The quantitative estimate of drug-likeness (QED) is 0.838. The van der Waals surface area contributed by atoms with Crippen LogP contribution in [0.25, 0.3) is 5.57 Å². The van der Waals surface area contributed by atoms with E-state index in [-0.39, 0.29) is 11.8 Å². The van der Waals surface area contributed by atoms with E-state index in [1.54, 1.807) is 17.5 Å². The normalized spacial score (nSPS) is 22.9. The number of likely N-dealkylation sites (tertiary alicyclic amines) is 1. The molecule has 2 aromatic rings. The Bertz CT molecular complexity index is 1010. The lowest BCUT2D eigenvalue weighted by Gasteiger charge is -2.18. The van der Waals surface area contributed by atoms with E-state index in [2.05, 4.69) is 45.0 Å². The molecule has 6 heteroatoms. The molecule has 0 aromatic carbocycles. The summed E-state index contributed by atoms with van der Waals surface area (Å²) in [5.74, 6) is 2.02. The third-order valence-corrected chi connectivity index (χ3v) is 7.33. The summed E-state index contributed by atoms with van der Waals surface area (Å²) in [4.78, 5) is 30.6. The maximum Gasteiger partial charge on any atom is 0.225 e. The minimum Gasteiger partial charge on any atom is -0.342 e. The molecule has 2 aliphatic heterocycles. The summed E-state index contributed by atoms with van der Waals surface area (Å²) in [6.45, 7) is 3.91. The predicted molar refractivity (Wildman–Crippen MR) is 115 cm³/mol. The van der Waals surface area contributed by atoms with Gasteiger partial charge in [-0.1, -0.05) is 12.1 Å². The molecule has 5 nitrogen and oxygen atoms in total. The molecule has 2 atom stereocenters. The van der Waals surface area contributed by atoms with E-state index in [4.69, 9.17) is 0 Å². The zero-order valence-corrected chi connectivity index (χ0v) is 17.4. The van der Waals surface area contributed by atoms with Crippen LogP contribution < -0.4 is 5.32 Å². The third kappa shape index (κ3) is 3.62. The summed E-state index contributed by atoms with van der Waals surface area (Å²) in [5.41, 5.74) is 6.39. The van der Waals surface area contributed by atoms with Crippen molar-refractivity contribution < 1.29 is 9.59 Å². The van der Waals surface area contributed by atoms with Crippen LogP contribution in [0.4, 0.5) is 5.82 Å². The standard InChI is InChI=1S/C23H25N3O2S/c1-14-12-29-13-20(14)17-7-18-10-26(11-19(18)8-17)22(28)5-2-15-6-16-3-4-21(27)25-23(16)24-9-15/h6-7,9,12-13,18-19H,2-5,8,10-11H2,1H3,(H,24,25,27). The molecule has 1 N–H and O–H groups in total. The van der Waals surface area contributed by atoms with Gasteiger partial charge in [-0.2, -0.15) is 11.3 Å². The van der Waals surface area contributed by atoms with Crippen molar-refractivity contribution in [1.29, 1.82) is 0 Å². The summed E-state index contributed by atoms with van der Waals surface area (Å²) in [5, 5.41) is 7.27. The smallest absolute Gasteiger partial charge is 0.225 e. The molecule has 150 valence electrons. The molecule has 2 amide bonds. The van der Waals surface area contributed by atoms with Gasteiger partial charge < -0.3 is 10.2 Å². The summed E-state index contributed by atoms with van der Waals surface area (Å²) in [6.07, 6.45) is 7.74. The molecule has 0 radical (unpaired) electrons. The van der Waals surface area contributed by atoms with Crippen LogP contribution in [0.2, 0.25) is 0 Å². The molecular formula is C23H25N3O2S. The summed E-state index contributed by atoms with van der Waals surface area (Å²) in [6, 6.07) is 2.09. The Hall–Kier alpha value is -2.47. The minimum atomic E-state index is 0.0267. The van der Waals surface area contributed by atoms with Crippen LogP contribution in [0.1, 0.15) is 41.5 Å². The molecule has 5 rings (SSSR count). The SMILES string of the molecule is Cc1cscc1C1=CC2CN(C(=O)CCc3cnc4c(c3)CCC(=O)N4)CC2C1. The van der Waals surface area contributed by atoms with Crippen LogP contribution in [0.5, 0.6) is 0 Å². The average molecular weight is 408 g/mol. The van der Waals surface area contributed by atoms with Crippen molar-refractivity contribution in [3.05, 3.63) is 51.4 Å². The van der Waals surface area contributed by atoms with Gasteiger partial charge in [0.2, 0.25) is 11.8 Å². The maximum absolute atomic E-state index is 12.8. The molecular weight excluding hydrogens is 382 g/mol. The third-order valence-electron chi connectivity index (χ3n) is 6.47. The second-order valence-corrected chi connectivity index (χ2v) is 9.23. The molecule has 4 heterocycles. The first-order valence-electron chi connectivity index (χ1n) is 10.4. The molecule has 2 aromatic heterocycles. The number of nitrogens with zero attached hydrogens (tertiary/aromatic N) is 2. The van der Waals surface area contributed by atoms with E-state index in [9.17, 15) is 9.59 Å². The van der Waals surface area contributed by atoms with Gasteiger partial charge in [-0.25, -0.2) is 4.98 Å². The Morgan fingerprint density at radius 1 is 1.31 bits per heavy atom. The molecule has 29 heavy (non-hydrogen) atoms. The number of amides is 2. The highest BCUT2D eigenvalue weighted by Crippen LogP contribution is 2.42. The van der Waals surface area contributed by atoms with Gasteiger partial charge in [0.1, 0.15) is 5.82 Å². The highest BCUT2D eigenvalue weighted by molar-refractivity contribution is 7.08. The number of rotatable bonds is 4. The molecule has 1 saturated heterocycles. The first kappa shape index (κ1) is 18.6. The second kappa shape index (κ2) is 7.41. The molecule has 1 fully saturated rings. The first-order chi connectivity index (χ1) is 14.1. The lowest BCUT2D eigenvalue weighted by atomic mass is 9.98. The van der Waals surface area contributed by atoms with Crippen molar-refractivity contribution >= 4 is 34.5 Å². The van der Waals surface area contributed by atoms with Crippen molar-refractivity contribution in [2.45, 2.75) is 39.0 Å². The second-order valence-electron chi connectivity index (χ2n) is 8.49. The maximum atomic E-state index is 12.8. The fraction of sp³-hybridized carbons (Fsp3) is 0.435. The van der Waals surface area contributed by atoms with Gasteiger partial charge in [0.05, 0.1) is 0 Å². The van der Waals surface area contributed by atoms with Crippen molar-refractivity contribution in [2.75, 3.05) is 18.4 Å². The molecule has 0 bridgehead atoms. The molecule has 3 aliphatic rings. The van der Waals surface area contributed by atoms with Gasteiger partial charge in [0.15, 0.2) is 0 Å². The van der Waals surface area contributed by atoms with Crippen molar-refractivity contribution in [3.63, 3.8) is 0 Å². The minimum absolute atomic E-state index is 0.0267. The number of pyridine rings is 1. The number of aryl methyl sites for hydroxylation is 3. The topological polar surface area (TPSA) is 62.3 Å². The number of hydrogen-bond donors (Lipinski definition) is 1. The number of anilines is 1. The van der Waals surface area contributed by atoms with E-state index < -0.39 is 0 Å². The zero-order valence-electron chi connectivity index (χ0n) is 16.6. The Morgan fingerprint density at radius 2 is 2.21 bits per heavy atom. The van der Waals surface area contributed by atoms with Crippen LogP contribution in [-0.4, -0.2) is 34.8 Å². The van der Waals surface area contributed by atoms with Gasteiger partial charge >= 0.3 is 0 Å². The Kier molecular flexibility index (Phi) is 4.74. The number of carbonyl (C=O) groups excluding carboxylic acids is 2. The fourth-order valence-electron chi connectivity index (χ4n) is 4.85. The number of carbonyl (C=O) groups is 2. The largest absolute Gasteiger partial charge is 0.342 e. The lowest BCUT2D eigenvalue weighted by molar-refractivity contribution is -0.130. The van der Waals surface area contributed by atoms with Gasteiger partial charge in [0.25, 0.3) is 0 Å². The average Bonchev–Trinajstić information content (AvgIpc) is 3.40. The number of fused-ring (bicyclic) bond motifs is 2. The Labute approximate surface area is 174 Å². The zero-order chi connectivity index (χ0) is 20.0. The van der Waals surface area contributed by atoms with Gasteiger partial charge in [-0.3, -0.25) is 9.59 Å². The van der Waals surface area contributed by atoms with Gasteiger partial charge in [0, 0.05) is 32.1 Å². The predicted octanol–water partition coefficient (Wildman–Crippen LogP) is 3.83. The highest BCUT2D eigenvalue weighted by atomic mass is 32.1. The molecule has 2 unspecified atom stereocenters. The summed E-state index contributed by atoms with van der Waals surface area (Å²) >= 11 is 1.77. The Morgan fingerprint density at radius 3 is 3.00 bits per heavy atom. The van der Waals surface area contributed by atoms with E-state index in [0.29, 0.717) is 36.9 Å². The number of aromatic nitrogens is 1. The van der Waals surface area contributed by atoms with Crippen LogP contribution in [0.3, 0.4) is 0 Å². The molecule has 0 saturated carbocycles. The Balaban J connectivity index is 1.18. The van der Waals surface area contributed by atoms with Crippen LogP contribution in [-0.2, 0) is 22.4 Å². The molecule has 1 aliphatic carbocycles. The fourth-order valence-corrected chi connectivity index (χ4v) is 5.73. The number of hydrogen-bond acceptors (Lipinski definition) is 4. The molecule has 0 spiro atoms. The van der Waals surface area contributed by atoms with Gasteiger partial charge in [-0.15, -0.1) is 0 Å². The van der Waals surface area contributed by atoms with Crippen LogP contribution in [0, 0.1) is 18.8 Å². The van der Waals surface area contributed by atoms with Gasteiger partial charge in [-0.05, 0) is 76.6 Å². The van der Waals surface area contributed by atoms with Crippen LogP contribution >= 0.6 is 11.3 Å². The first-order valence-corrected chi connectivity index (χ1v) is 11.3. The number of thiophene rings is 1. The van der Waals surface area contributed by atoms with Crippen molar-refractivity contribution in [1.82, 2.24) is 9.88 Å². The van der Waals surface area contributed by atoms with E-state index in [1.807, 2.05) is 0 Å². The summed E-state index contributed by atoms with van der Waals surface area (Å²) in [7, 11) is 0. The van der Waals surface area contributed by atoms with Crippen LogP contribution in [0.15, 0.2) is 29.1 Å².